The first-order chi connectivity index (χ1) is 6.65. The van der Waals surface area contributed by atoms with Gasteiger partial charge in [-0.3, -0.25) is 0 Å². The number of rotatable bonds is 3. The van der Waals surface area contributed by atoms with Gasteiger partial charge in [-0.1, -0.05) is 75.6 Å². The van der Waals surface area contributed by atoms with Gasteiger partial charge in [0.05, 0.1) is 0 Å². The molecule has 1 aromatic rings. The summed E-state index contributed by atoms with van der Waals surface area (Å²) in [4.78, 5) is 0. The van der Waals surface area contributed by atoms with Crippen molar-refractivity contribution in [3.8, 4) is 0 Å². The number of hydrogen-bond donors (Lipinski definition) is 0. The van der Waals surface area contributed by atoms with Gasteiger partial charge in [0.2, 0.25) is 0 Å². The van der Waals surface area contributed by atoms with E-state index < -0.39 is 0 Å². The molecule has 14 heavy (non-hydrogen) atoms. The molecule has 0 N–H and O–H groups in total. The first-order valence-electron chi connectivity index (χ1n) is 4.66. The summed E-state index contributed by atoms with van der Waals surface area (Å²) in [5.74, 6) is 0.585. The number of alkyl halides is 1. The van der Waals surface area contributed by atoms with E-state index >= 15 is 0 Å². The second kappa shape index (κ2) is 5.72. The van der Waals surface area contributed by atoms with Gasteiger partial charge in [0.25, 0.3) is 0 Å². The summed E-state index contributed by atoms with van der Waals surface area (Å²) in [6, 6.07) is 8.28. The zero-order valence-corrected chi connectivity index (χ0v) is 11.6. The lowest BCUT2D eigenvalue weighted by atomic mass is 10.0. The molecule has 0 amide bonds. The molecular formula is C12H14Br2. The quantitative estimate of drug-likeness (QED) is 0.697. The van der Waals surface area contributed by atoms with Crippen LogP contribution in [0.1, 0.15) is 19.4 Å². The average Bonchev–Trinajstić information content (AvgIpc) is 2.16. The van der Waals surface area contributed by atoms with E-state index in [9.17, 15) is 0 Å². The van der Waals surface area contributed by atoms with E-state index in [2.05, 4.69) is 70.0 Å². The molecule has 0 aliphatic heterocycles. The smallest absolute Gasteiger partial charge is 0.0247 e. The highest BCUT2D eigenvalue weighted by Gasteiger charge is 2.02. The third-order valence-corrected chi connectivity index (χ3v) is 3.51. The van der Waals surface area contributed by atoms with Crippen LogP contribution < -0.4 is 0 Å². The molecule has 0 aliphatic rings. The van der Waals surface area contributed by atoms with Crippen molar-refractivity contribution < 1.29 is 0 Å². The van der Waals surface area contributed by atoms with Gasteiger partial charge in [0.15, 0.2) is 0 Å². The topological polar surface area (TPSA) is 0 Å². The summed E-state index contributed by atoms with van der Waals surface area (Å²) >= 11 is 7.06. The van der Waals surface area contributed by atoms with Crippen molar-refractivity contribution in [2.24, 2.45) is 5.92 Å². The van der Waals surface area contributed by atoms with Gasteiger partial charge >= 0.3 is 0 Å². The molecule has 0 saturated heterocycles. The van der Waals surface area contributed by atoms with Gasteiger partial charge in [-0.25, -0.2) is 0 Å². The van der Waals surface area contributed by atoms with E-state index in [0.717, 1.165) is 9.80 Å². The van der Waals surface area contributed by atoms with Crippen LogP contribution in [0.5, 0.6) is 0 Å². The minimum atomic E-state index is 0.585. The maximum Gasteiger partial charge on any atom is 0.0247 e. The number of hydrogen-bond acceptors (Lipinski definition) is 0. The second-order valence-corrected chi connectivity index (χ2v) is 4.94. The molecule has 0 bridgehead atoms. The van der Waals surface area contributed by atoms with Crippen molar-refractivity contribution in [2.75, 3.05) is 5.33 Å². The third-order valence-electron chi connectivity index (χ3n) is 2.14. The summed E-state index contributed by atoms with van der Waals surface area (Å²) < 4.78 is 1.15. The predicted molar refractivity (Wildman–Crippen MR) is 70.8 cm³/mol. The Labute approximate surface area is 103 Å². The Bertz CT molecular complexity index is 327. The highest BCUT2D eigenvalue weighted by atomic mass is 79.9. The van der Waals surface area contributed by atoms with Crippen LogP contribution in [0.3, 0.4) is 0 Å². The lowest BCUT2D eigenvalue weighted by molar-refractivity contribution is 0.781. The van der Waals surface area contributed by atoms with Crippen LogP contribution in [-0.2, 0) is 0 Å². The van der Waals surface area contributed by atoms with Crippen LogP contribution in [-0.4, -0.2) is 5.33 Å². The average molecular weight is 318 g/mol. The van der Waals surface area contributed by atoms with E-state index in [1.807, 2.05) is 6.07 Å². The standard InChI is InChI=1S/C12H14Br2/c1-9(2)11(8-13)7-10-5-3-4-6-12(10)14/h3-7,9H,8H2,1-2H3. The Hall–Kier alpha value is -0.0800. The monoisotopic (exact) mass is 316 g/mol. The van der Waals surface area contributed by atoms with E-state index in [4.69, 9.17) is 0 Å². The fourth-order valence-electron chi connectivity index (χ4n) is 1.15. The number of benzene rings is 1. The normalized spacial score (nSPS) is 12.2. The van der Waals surface area contributed by atoms with Gasteiger partial charge in [0.1, 0.15) is 0 Å². The fraction of sp³-hybridized carbons (Fsp3) is 0.333. The molecule has 0 aromatic heterocycles. The first kappa shape index (κ1) is 12.0. The minimum absolute atomic E-state index is 0.585. The Morgan fingerprint density at radius 3 is 2.50 bits per heavy atom. The van der Waals surface area contributed by atoms with Crippen LogP contribution >= 0.6 is 31.9 Å². The zero-order valence-electron chi connectivity index (χ0n) is 8.43. The molecule has 0 spiro atoms. The lowest BCUT2D eigenvalue weighted by Gasteiger charge is -2.08. The third kappa shape index (κ3) is 3.25. The Balaban J connectivity index is 3.00. The highest BCUT2D eigenvalue weighted by molar-refractivity contribution is 9.10. The van der Waals surface area contributed by atoms with E-state index in [1.165, 1.54) is 11.1 Å². The van der Waals surface area contributed by atoms with Crippen molar-refractivity contribution >= 4 is 37.9 Å². The molecule has 0 nitrogen and oxygen atoms in total. The summed E-state index contributed by atoms with van der Waals surface area (Å²) in [7, 11) is 0. The molecule has 1 rings (SSSR count). The van der Waals surface area contributed by atoms with Gasteiger partial charge in [-0.2, -0.15) is 0 Å². The van der Waals surface area contributed by atoms with Crippen LogP contribution in [0.4, 0.5) is 0 Å². The van der Waals surface area contributed by atoms with Gasteiger partial charge in [-0.15, -0.1) is 0 Å². The molecular weight excluding hydrogens is 304 g/mol. The summed E-state index contributed by atoms with van der Waals surface area (Å²) in [5.41, 5.74) is 2.66. The molecule has 0 heterocycles. The lowest BCUT2D eigenvalue weighted by Crippen LogP contribution is -1.94. The molecule has 0 radical (unpaired) electrons. The Morgan fingerprint density at radius 2 is 2.00 bits per heavy atom. The Kier molecular flexibility index (Phi) is 4.90. The summed E-state index contributed by atoms with van der Waals surface area (Å²) in [6.45, 7) is 4.42. The van der Waals surface area contributed by atoms with Crippen molar-refractivity contribution in [1.82, 2.24) is 0 Å². The minimum Gasteiger partial charge on any atom is -0.0880 e. The SMILES string of the molecule is CC(C)C(=Cc1ccccc1Br)CBr. The van der Waals surface area contributed by atoms with Gasteiger partial charge in [0, 0.05) is 9.80 Å². The van der Waals surface area contributed by atoms with Crippen molar-refractivity contribution in [1.29, 1.82) is 0 Å². The maximum absolute atomic E-state index is 3.54. The van der Waals surface area contributed by atoms with Crippen molar-refractivity contribution in [3.63, 3.8) is 0 Å². The van der Waals surface area contributed by atoms with Crippen LogP contribution in [0.25, 0.3) is 6.08 Å². The largest absolute Gasteiger partial charge is 0.0880 e. The van der Waals surface area contributed by atoms with Crippen LogP contribution in [0, 0.1) is 5.92 Å². The van der Waals surface area contributed by atoms with Crippen molar-refractivity contribution in [3.05, 3.63) is 39.9 Å². The number of halogens is 2. The first-order valence-corrected chi connectivity index (χ1v) is 6.57. The Morgan fingerprint density at radius 1 is 1.36 bits per heavy atom. The molecule has 0 unspecified atom stereocenters. The molecule has 0 atom stereocenters. The van der Waals surface area contributed by atoms with Gasteiger partial charge in [-0.05, 0) is 17.5 Å². The molecule has 0 saturated carbocycles. The van der Waals surface area contributed by atoms with E-state index in [1.54, 1.807) is 0 Å². The van der Waals surface area contributed by atoms with Crippen molar-refractivity contribution in [2.45, 2.75) is 13.8 Å². The molecule has 1 aromatic carbocycles. The van der Waals surface area contributed by atoms with E-state index in [-0.39, 0.29) is 0 Å². The van der Waals surface area contributed by atoms with Gasteiger partial charge < -0.3 is 0 Å². The van der Waals surface area contributed by atoms with Crippen LogP contribution in [0.15, 0.2) is 34.3 Å². The highest BCUT2D eigenvalue weighted by Crippen LogP contribution is 2.22. The fourth-order valence-corrected chi connectivity index (χ4v) is 2.36. The zero-order chi connectivity index (χ0) is 10.6. The molecule has 76 valence electrons. The van der Waals surface area contributed by atoms with E-state index in [0.29, 0.717) is 5.92 Å². The summed E-state index contributed by atoms with van der Waals surface area (Å²) in [5, 5.41) is 0.937. The van der Waals surface area contributed by atoms with Crippen LogP contribution in [0.2, 0.25) is 0 Å². The maximum atomic E-state index is 3.54. The molecule has 0 aliphatic carbocycles. The molecule has 0 fully saturated rings. The second-order valence-electron chi connectivity index (χ2n) is 3.53. The summed E-state index contributed by atoms with van der Waals surface area (Å²) in [6.07, 6.45) is 2.24. The molecule has 2 heteroatoms. The predicted octanol–water partition coefficient (Wildman–Crippen LogP) is 4.88. The number of allylic oxidation sites excluding steroid dienone is 1.